The summed E-state index contributed by atoms with van der Waals surface area (Å²) in [6.07, 6.45) is 4.98. The summed E-state index contributed by atoms with van der Waals surface area (Å²) < 4.78 is 0. The van der Waals surface area contributed by atoms with Gasteiger partial charge in [0, 0.05) is 5.92 Å². The van der Waals surface area contributed by atoms with Crippen LogP contribution in [0.15, 0.2) is 0 Å². The van der Waals surface area contributed by atoms with Gasteiger partial charge >= 0.3 is 0 Å². The molecule has 5 unspecified atom stereocenters. The van der Waals surface area contributed by atoms with Crippen LogP contribution < -0.4 is 0 Å². The lowest BCUT2D eigenvalue weighted by Gasteiger charge is -2.33. The van der Waals surface area contributed by atoms with Gasteiger partial charge in [-0.25, -0.2) is 0 Å². The molecule has 3 rings (SSSR count). The highest BCUT2D eigenvalue weighted by molar-refractivity contribution is 5.11. The Balaban J connectivity index is 1.98. The van der Waals surface area contributed by atoms with Gasteiger partial charge in [-0.2, -0.15) is 0 Å². The Kier molecular flexibility index (Phi) is 1.25. The van der Waals surface area contributed by atoms with Crippen molar-refractivity contribution in [1.29, 1.82) is 0 Å². The van der Waals surface area contributed by atoms with Gasteiger partial charge in [0.2, 0.25) is 0 Å². The van der Waals surface area contributed by atoms with Gasteiger partial charge in [0.1, 0.15) is 0 Å². The predicted molar refractivity (Wildman–Crippen MR) is 44.5 cm³/mol. The molecule has 0 spiro atoms. The summed E-state index contributed by atoms with van der Waals surface area (Å²) in [5.41, 5.74) is -0.467. The van der Waals surface area contributed by atoms with Crippen molar-refractivity contribution in [3.05, 3.63) is 0 Å². The molecule has 0 amide bonds. The summed E-state index contributed by atoms with van der Waals surface area (Å²) in [4.78, 5) is 0. The molecule has 0 saturated heterocycles. The molecule has 5 atom stereocenters. The van der Waals surface area contributed by atoms with E-state index in [9.17, 15) is 10.2 Å². The van der Waals surface area contributed by atoms with Gasteiger partial charge in [-0.05, 0) is 43.9 Å². The first kappa shape index (κ1) is 7.34. The second-order valence-electron chi connectivity index (χ2n) is 4.94. The van der Waals surface area contributed by atoms with E-state index in [1.807, 2.05) is 0 Å². The molecular weight excluding hydrogens is 152 g/mol. The van der Waals surface area contributed by atoms with Crippen LogP contribution in [-0.2, 0) is 0 Å². The highest BCUT2D eigenvalue weighted by Crippen LogP contribution is 2.60. The van der Waals surface area contributed by atoms with E-state index in [-0.39, 0.29) is 12.0 Å². The van der Waals surface area contributed by atoms with E-state index in [0.29, 0.717) is 5.92 Å². The molecular formula is C10H16O2. The molecule has 0 aromatic rings. The summed E-state index contributed by atoms with van der Waals surface area (Å²) in [5.74, 6) is 1.62. The van der Waals surface area contributed by atoms with Gasteiger partial charge in [-0.3, -0.25) is 0 Å². The molecule has 3 aliphatic carbocycles. The molecule has 0 aliphatic heterocycles. The van der Waals surface area contributed by atoms with Crippen molar-refractivity contribution >= 4 is 0 Å². The van der Waals surface area contributed by atoms with Crippen LogP contribution in [0.1, 0.15) is 32.1 Å². The van der Waals surface area contributed by atoms with Crippen molar-refractivity contribution in [2.24, 2.45) is 17.8 Å². The molecule has 3 fully saturated rings. The van der Waals surface area contributed by atoms with Crippen molar-refractivity contribution in [2.75, 3.05) is 0 Å². The number of fused-ring (bicyclic) bond motifs is 5. The Hall–Kier alpha value is -0.0800. The fraction of sp³-hybridized carbons (Fsp3) is 1.00. The quantitative estimate of drug-likeness (QED) is 0.564. The summed E-state index contributed by atoms with van der Waals surface area (Å²) in [6.45, 7) is 0. The first-order valence-electron chi connectivity index (χ1n) is 5.11. The number of hydrogen-bond acceptors (Lipinski definition) is 2. The largest absolute Gasteiger partial charge is 0.393 e. The summed E-state index contributed by atoms with van der Waals surface area (Å²) in [6, 6.07) is 0. The predicted octanol–water partition coefficient (Wildman–Crippen LogP) is 0.918. The highest BCUT2D eigenvalue weighted by atomic mass is 16.3. The molecule has 68 valence electrons. The van der Waals surface area contributed by atoms with Gasteiger partial charge in [0.15, 0.2) is 0 Å². The van der Waals surface area contributed by atoms with Crippen molar-refractivity contribution in [3.8, 4) is 0 Å². The van der Waals surface area contributed by atoms with Crippen molar-refractivity contribution < 1.29 is 10.2 Å². The topological polar surface area (TPSA) is 40.5 Å². The third kappa shape index (κ3) is 0.686. The lowest BCUT2D eigenvalue weighted by atomic mass is 9.78. The summed E-state index contributed by atoms with van der Waals surface area (Å²) in [5, 5.41) is 19.9. The first-order valence-corrected chi connectivity index (χ1v) is 5.11. The number of hydrogen-bond donors (Lipinski definition) is 2. The highest BCUT2D eigenvalue weighted by Gasteiger charge is 2.61. The van der Waals surface area contributed by atoms with E-state index in [2.05, 4.69) is 0 Å². The molecule has 0 radical (unpaired) electrons. The van der Waals surface area contributed by atoms with E-state index >= 15 is 0 Å². The molecule has 3 saturated carbocycles. The fourth-order valence-corrected chi connectivity index (χ4v) is 4.05. The van der Waals surface area contributed by atoms with Gasteiger partial charge in [0.05, 0.1) is 11.7 Å². The molecule has 2 bridgehead atoms. The maximum absolute atomic E-state index is 10.2. The minimum Gasteiger partial charge on any atom is -0.393 e. The van der Waals surface area contributed by atoms with E-state index < -0.39 is 5.60 Å². The normalized spacial score (nSPS) is 62.5. The zero-order valence-electron chi connectivity index (χ0n) is 7.24. The third-order valence-corrected chi connectivity index (χ3v) is 4.46. The maximum atomic E-state index is 10.2. The van der Waals surface area contributed by atoms with Crippen LogP contribution in [0.3, 0.4) is 0 Å². The molecule has 0 aromatic carbocycles. The Morgan fingerprint density at radius 2 is 2.00 bits per heavy atom. The smallest absolute Gasteiger partial charge is 0.0706 e. The Morgan fingerprint density at radius 1 is 1.17 bits per heavy atom. The molecule has 2 N–H and O–H groups in total. The fourth-order valence-electron chi connectivity index (χ4n) is 4.05. The van der Waals surface area contributed by atoms with Crippen LogP contribution in [0.4, 0.5) is 0 Å². The van der Waals surface area contributed by atoms with Gasteiger partial charge in [-0.1, -0.05) is 0 Å². The lowest BCUT2D eigenvalue weighted by Crippen LogP contribution is -2.39. The average molecular weight is 168 g/mol. The maximum Gasteiger partial charge on any atom is 0.0706 e. The minimum absolute atomic E-state index is 0.203. The number of aliphatic hydroxyl groups is 2. The SMILES string of the molecule is OC1CCC2C3CCC(O)(C3)C12. The second-order valence-corrected chi connectivity index (χ2v) is 4.94. The van der Waals surface area contributed by atoms with Gasteiger partial charge in [0.25, 0.3) is 0 Å². The van der Waals surface area contributed by atoms with Crippen LogP contribution in [0.2, 0.25) is 0 Å². The average Bonchev–Trinajstić information content (AvgIpc) is 2.61. The minimum atomic E-state index is -0.467. The van der Waals surface area contributed by atoms with E-state index in [1.165, 1.54) is 6.42 Å². The summed E-state index contributed by atoms with van der Waals surface area (Å²) in [7, 11) is 0. The zero-order chi connectivity index (χ0) is 8.34. The van der Waals surface area contributed by atoms with Crippen LogP contribution in [0.25, 0.3) is 0 Å². The standard InChI is InChI=1S/C10H16O2/c11-8-2-1-7-6-3-4-10(12,5-6)9(7)8/h6-9,11-12H,1-5H2. The molecule has 12 heavy (non-hydrogen) atoms. The van der Waals surface area contributed by atoms with E-state index in [0.717, 1.165) is 31.6 Å². The molecule has 0 aromatic heterocycles. The van der Waals surface area contributed by atoms with E-state index in [1.54, 1.807) is 0 Å². The van der Waals surface area contributed by atoms with Crippen LogP contribution in [0.5, 0.6) is 0 Å². The van der Waals surface area contributed by atoms with Crippen molar-refractivity contribution in [1.82, 2.24) is 0 Å². The number of aliphatic hydroxyl groups excluding tert-OH is 1. The Morgan fingerprint density at radius 3 is 2.75 bits per heavy atom. The van der Waals surface area contributed by atoms with E-state index in [4.69, 9.17) is 0 Å². The molecule has 0 heterocycles. The van der Waals surface area contributed by atoms with Crippen molar-refractivity contribution in [3.63, 3.8) is 0 Å². The molecule has 2 nitrogen and oxygen atoms in total. The second kappa shape index (κ2) is 2.05. The van der Waals surface area contributed by atoms with Crippen molar-refractivity contribution in [2.45, 2.75) is 43.8 Å². The monoisotopic (exact) mass is 168 g/mol. The lowest BCUT2D eigenvalue weighted by molar-refractivity contribution is -0.0527. The Labute approximate surface area is 72.6 Å². The molecule has 2 heteroatoms. The van der Waals surface area contributed by atoms with Crippen LogP contribution in [0, 0.1) is 17.8 Å². The third-order valence-electron chi connectivity index (χ3n) is 4.46. The Bertz CT molecular complexity index is 216. The first-order chi connectivity index (χ1) is 5.71. The van der Waals surface area contributed by atoms with Gasteiger partial charge < -0.3 is 10.2 Å². The molecule has 3 aliphatic rings. The number of rotatable bonds is 0. The summed E-state index contributed by atoms with van der Waals surface area (Å²) >= 11 is 0. The van der Waals surface area contributed by atoms with Gasteiger partial charge in [-0.15, -0.1) is 0 Å². The van der Waals surface area contributed by atoms with Crippen LogP contribution >= 0.6 is 0 Å². The zero-order valence-corrected chi connectivity index (χ0v) is 7.24. The van der Waals surface area contributed by atoms with Crippen LogP contribution in [-0.4, -0.2) is 21.9 Å².